The van der Waals surface area contributed by atoms with Gasteiger partial charge in [-0.2, -0.15) is 0 Å². The summed E-state index contributed by atoms with van der Waals surface area (Å²) in [6, 6.07) is 0. The summed E-state index contributed by atoms with van der Waals surface area (Å²) >= 11 is 0. The van der Waals surface area contributed by atoms with E-state index in [-0.39, 0.29) is 5.60 Å². The van der Waals surface area contributed by atoms with Gasteiger partial charge >= 0.3 is 0 Å². The van der Waals surface area contributed by atoms with Gasteiger partial charge in [-0.3, -0.25) is 0 Å². The van der Waals surface area contributed by atoms with E-state index < -0.39 is 0 Å². The van der Waals surface area contributed by atoms with Crippen molar-refractivity contribution in [2.75, 3.05) is 6.61 Å². The van der Waals surface area contributed by atoms with Crippen LogP contribution in [0.3, 0.4) is 0 Å². The molecule has 0 N–H and O–H groups in total. The lowest BCUT2D eigenvalue weighted by molar-refractivity contribution is -0.127. The third kappa shape index (κ3) is 1.69. The van der Waals surface area contributed by atoms with Crippen molar-refractivity contribution >= 4 is 0 Å². The fourth-order valence-electron chi connectivity index (χ4n) is 5.66. The Kier molecular flexibility index (Phi) is 3.05. The van der Waals surface area contributed by atoms with Crippen LogP contribution in [0, 0.1) is 29.1 Å². The van der Waals surface area contributed by atoms with E-state index in [9.17, 15) is 0 Å². The summed E-state index contributed by atoms with van der Waals surface area (Å²) in [5, 5.41) is 0. The van der Waals surface area contributed by atoms with Gasteiger partial charge in [0.05, 0.1) is 5.60 Å². The molecule has 0 bridgehead atoms. The largest absolute Gasteiger partial charge is 0.375 e. The maximum atomic E-state index is 6.26. The second-order valence-electron chi connectivity index (χ2n) is 7.89. The van der Waals surface area contributed by atoms with Crippen LogP contribution < -0.4 is 0 Å². The van der Waals surface area contributed by atoms with Crippen molar-refractivity contribution in [3.05, 3.63) is 0 Å². The second-order valence-corrected chi connectivity index (χ2v) is 7.89. The molecule has 1 heteroatoms. The van der Waals surface area contributed by atoms with Crippen LogP contribution in [-0.4, -0.2) is 12.2 Å². The van der Waals surface area contributed by atoms with E-state index in [1.165, 1.54) is 38.5 Å². The summed E-state index contributed by atoms with van der Waals surface area (Å²) in [5.74, 6) is 3.66. The first-order valence-electron chi connectivity index (χ1n) is 8.14. The van der Waals surface area contributed by atoms with Gasteiger partial charge < -0.3 is 4.74 Å². The molecule has 3 fully saturated rings. The Bertz CT molecular complexity index is 322. The van der Waals surface area contributed by atoms with E-state index in [0.29, 0.717) is 5.41 Å². The van der Waals surface area contributed by atoms with Crippen molar-refractivity contribution in [2.24, 2.45) is 29.1 Å². The predicted molar refractivity (Wildman–Crippen MR) is 75.5 cm³/mol. The first-order chi connectivity index (χ1) is 8.50. The zero-order valence-corrected chi connectivity index (χ0v) is 12.7. The molecule has 0 spiro atoms. The fourth-order valence-corrected chi connectivity index (χ4v) is 5.66. The van der Waals surface area contributed by atoms with E-state index in [1.807, 2.05) is 0 Å². The average Bonchev–Trinajstić information content (AvgIpc) is 2.78. The van der Waals surface area contributed by atoms with Gasteiger partial charge in [-0.1, -0.05) is 27.7 Å². The van der Waals surface area contributed by atoms with Gasteiger partial charge in [0.15, 0.2) is 0 Å². The van der Waals surface area contributed by atoms with Crippen LogP contribution in [0.15, 0.2) is 0 Å². The molecule has 1 aliphatic heterocycles. The molecule has 0 amide bonds. The Morgan fingerprint density at radius 2 is 1.83 bits per heavy atom. The number of hydrogen-bond acceptors (Lipinski definition) is 1. The molecule has 2 saturated carbocycles. The number of ether oxygens (including phenoxy) is 1. The number of rotatable bonds is 1. The molecule has 0 radical (unpaired) electrons. The topological polar surface area (TPSA) is 9.23 Å². The molecule has 3 aliphatic rings. The van der Waals surface area contributed by atoms with Crippen LogP contribution in [0.2, 0.25) is 0 Å². The highest BCUT2D eigenvalue weighted by Gasteiger charge is 2.57. The van der Waals surface area contributed by atoms with E-state index >= 15 is 0 Å². The monoisotopic (exact) mass is 250 g/mol. The van der Waals surface area contributed by atoms with Crippen molar-refractivity contribution < 1.29 is 4.74 Å². The first-order valence-corrected chi connectivity index (χ1v) is 8.14. The molecule has 4 unspecified atom stereocenters. The van der Waals surface area contributed by atoms with Gasteiger partial charge in [0.2, 0.25) is 0 Å². The smallest absolute Gasteiger partial charge is 0.0711 e. The lowest BCUT2D eigenvalue weighted by Crippen LogP contribution is -2.53. The molecule has 2 aliphatic carbocycles. The molecule has 1 saturated heterocycles. The number of fused-ring (bicyclic) bond motifs is 3. The Morgan fingerprint density at radius 3 is 2.56 bits per heavy atom. The zero-order chi connectivity index (χ0) is 13.0. The van der Waals surface area contributed by atoms with Crippen LogP contribution in [0.4, 0.5) is 0 Å². The summed E-state index contributed by atoms with van der Waals surface area (Å²) in [7, 11) is 0. The molecular weight excluding hydrogens is 220 g/mol. The maximum Gasteiger partial charge on any atom is 0.0711 e. The lowest BCUT2D eigenvalue weighted by Gasteiger charge is -2.56. The van der Waals surface area contributed by atoms with E-state index in [4.69, 9.17) is 4.74 Å². The Balaban J connectivity index is 1.93. The van der Waals surface area contributed by atoms with Crippen molar-refractivity contribution in [3.8, 4) is 0 Å². The average molecular weight is 250 g/mol. The molecule has 18 heavy (non-hydrogen) atoms. The Hall–Kier alpha value is -0.0400. The fraction of sp³-hybridized carbons (Fsp3) is 1.00. The summed E-state index contributed by atoms with van der Waals surface area (Å²) in [6.07, 6.45) is 8.16. The highest BCUT2D eigenvalue weighted by atomic mass is 16.5. The quantitative estimate of drug-likeness (QED) is 0.658. The van der Waals surface area contributed by atoms with Crippen LogP contribution in [-0.2, 0) is 4.74 Å². The molecule has 5 atom stereocenters. The molecule has 1 heterocycles. The van der Waals surface area contributed by atoms with Gasteiger partial charge in [0.1, 0.15) is 0 Å². The van der Waals surface area contributed by atoms with Crippen LogP contribution in [0.5, 0.6) is 0 Å². The van der Waals surface area contributed by atoms with Gasteiger partial charge in [-0.15, -0.1) is 0 Å². The molecular formula is C17H30O. The van der Waals surface area contributed by atoms with E-state index in [1.54, 1.807) is 0 Å². The summed E-state index contributed by atoms with van der Waals surface area (Å²) < 4.78 is 6.26. The van der Waals surface area contributed by atoms with Crippen molar-refractivity contribution in [2.45, 2.75) is 71.8 Å². The van der Waals surface area contributed by atoms with Gasteiger partial charge in [0.25, 0.3) is 0 Å². The Labute approximate surface area is 113 Å². The maximum absolute atomic E-state index is 6.26. The highest BCUT2D eigenvalue weighted by molar-refractivity contribution is 5.06. The molecule has 104 valence electrons. The molecule has 1 nitrogen and oxygen atoms in total. The minimum atomic E-state index is 0.267. The minimum absolute atomic E-state index is 0.267. The third-order valence-electron chi connectivity index (χ3n) is 6.81. The van der Waals surface area contributed by atoms with E-state index in [0.717, 1.165) is 30.3 Å². The highest BCUT2D eigenvalue weighted by Crippen LogP contribution is 2.60. The van der Waals surface area contributed by atoms with Crippen LogP contribution in [0.25, 0.3) is 0 Å². The standard InChI is InChI=1S/C17H30O/c1-5-17-10-7-13-15(14(17)8-11-18-17)12(2)6-9-16(13,3)4/h12-15H,5-11H2,1-4H3/t12-,13?,14?,15?,17?/m1/s1. The molecule has 3 rings (SSSR count). The Morgan fingerprint density at radius 1 is 1.06 bits per heavy atom. The van der Waals surface area contributed by atoms with Crippen molar-refractivity contribution in [1.29, 1.82) is 0 Å². The zero-order valence-electron chi connectivity index (χ0n) is 12.7. The summed E-state index contributed by atoms with van der Waals surface area (Å²) in [5.41, 5.74) is 0.836. The van der Waals surface area contributed by atoms with Crippen LogP contribution in [0.1, 0.15) is 66.2 Å². The number of hydrogen-bond donors (Lipinski definition) is 0. The van der Waals surface area contributed by atoms with Crippen LogP contribution >= 0.6 is 0 Å². The first kappa shape index (κ1) is 13.0. The molecule has 0 aromatic carbocycles. The molecule has 0 aromatic rings. The van der Waals surface area contributed by atoms with Gasteiger partial charge in [0, 0.05) is 6.61 Å². The summed E-state index contributed by atoms with van der Waals surface area (Å²) in [6.45, 7) is 10.9. The second kappa shape index (κ2) is 4.23. The normalized spacial score (nSPS) is 50.7. The van der Waals surface area contributed by atoms with E-state index in [2.05, 4.69) is 27.7 Å². The summed E-state index contributed by atoms with van der Waals surface area (Å²) in [4.78, 5) is 0. The minimum Gasteiger partial charge on any atom is -0.375 e. The van der Waals surface area contributed by atoms with Gasteiger partial charge in [-0.05, 0) is 67.6 Å². The predicted octanol–water partition coefficient (Wildman–Crippen LogP) is 4.65. The lowest BCUT2D eigenvalue weighted by atomic mass is 9.49. The SMILES string of the molecule is CCC12CCC3C(C1CCO2)[C@H](C)CCC3(C)C. The van der Waals surface area contributed by atoms with Gasteiger partial charge in [-0.25, -0.2) is 0 Å². The molecule has 0 aromatic heterocycles. The van der Waals surface area contributed by atoms with Crippen molar-refractivity contribution in [1.82, 2.24) is 0 Å². The van der Waals surface area contributed by atoms with Crippen molar-refractivity contribution in [3.63, 3.8) is 0 Å². The third-order valence-corrected chi connectivity index (χ3v) is 6.81.